The van der Waals surface area contributed by atoms with Crippen molar-refractivity contribution in [2.24, 2.45) is 0 Å². The molecule has 0 saturated carbocycles. The van der Waals surface area contributed by atoms with Gasteiger partial charge in [-0.2, -0.15) is 5.21 Å². The highest BCUT2D eigenvalue weighted by atomic mass is 32.2. The van der Waals surface area contributed by atoms with Gasteiger partial charge in [-0.1, -0.05) is 30.3 Å². The van der Waals surface area contributed by atoms with Crippen molar-refractivity contribution in [2.45, 2.75) is 4.90 Å². The Labute approximate surface area is 131 Å². The molecule has 1 heterocycles. The van der Waals surface area contributed by atoms with E-state index in [1.807, 2.05) is 54.6 Å². The van der Waals surface area contributed by atoms with E-state index >= 15 is 0 Å². The fourth-order valence-corrected chi connectivity index (χ4v) is 2.60. The number of anilines is 1. The van der Waals surface area contributed by atoms with Crippen molar-refractivity contribution < 1.29 is 4.79 Å². The van der Waals surface area contributed by atoms with Crippen LogP contribution in [0.5, 0.6) is 0 Å². The number of carbonyl (C=O) groups is 1. The highest BCUT2D eigenvalue weighted by Gasteiger charge is 2.07. The van der Waals surface area contributed by atoms with Crippen LogP contribution in [0.2, 0.25) is 0 Å². The summed E-state index contributed by atoms with van der Waals surface area (Å²) in [5.41, 5.74) is 1.50. The molecule has 0 radical (unpaired) electrons. The van der Waals surface area contributed by atoms with Gasteiger partial charge in [0.15, 0.2) is 0 Å². The predicted octanol–water partition coefficient (Wildman–Crippen LogP) is 2.60. The number of amides is 1. The molecule has 0 bridgehead atoms. The number of hydrogen-bond donors (Lipinski definition) is 2. The zero-order valence-corrected chi connectivity index (χ0v) is 12.4. The number of benzene rings is 2. The minimum atomic E-state index is -0.0564. The lowest BCUT2D eigenvalue weighted by molar-refractivity contribution is -0.113. The fourth-order valence-electron chi connectivity index (χ4n) is 1.88. The first-order valence-corrected chi connectivity index (χ1v) is 7.61. The van der Waals surface area contributed by atoms with Crippen LogP contribution < -0.4 is 5.32 Å². The molecule has 3 aromatic rings. The number of nitrogens with zero attached hydrogens (tertiary/aromatic N) is 3. The zero-order valence-electron chi connectivity index (χ0n) is 11.6. The van der Waals surface area contributed by atoms with Gasteiger partial charge in [0, 0.05) is 16.1 Å². The van der Waals surface area contributed by atoms with E-state index in [2.05, 4.69) is 25.9 Å². The van der Waals surface area contributed by atoms with Crippen molar-refractivity contribution in [1.29, 1.82) is 0 Å². The third-order valence-electron chi connectivity index (χ3n) is 2.86. The lowest BCUT2D eigenvalue weighted by Crippen LogP contribution is -2.13. The second kappa shape index (κ2) is 6.86. The van der Waals surface area contributed by atoms with E-state index in [1.165, 1.54) is 11.8 Å². The van der Waals surface area contributed by atoms with Crippen molar-refractivity contribution in [1.82, 2.24) is 20.6 Å². The first-order chi connectivity index (χ1) is 10.8. The van der Waals surface area contributed by atoms with E-state index < -0.39 is 0 Å². The zero-order chi connectivity index (χ0) is 15.2. The summed E-state index contributed by atoms with van der Waals surface area (Å²) in [5, 5.41) is 16.6. The molecule has 1 amide bonds. The van der Waals surface area contributed by atoms with Gasteiger partial charge < -0.3 is 5.32 Å². The van der Waals surface area contributed by atoms with Gasteiger partial charge >= 0.3 is 0 Å². The smallest absolute Gasteiger partial charge is 0.234 e. The second-order valence-electron chi connectivity index (χ2n) is 4.47. The predicted molar refractivity (Wildman–Crippen MR) is 85.4 cm³/mol. The minimum Gasteiger partial charge on any atom is -0.325 e. The van der Waals surface area contributed by atoms with Crippen molar-refractivity contribution in [3.63, 3.8) is 0 Å². The standard InChI is InChI=1S/C15H13N5OS/c21-14(10-22-13-7-2-1-3-8-13)16-12-6-4-5-11(9-12)15-17-19-20-18-15/h1-9H,10H2,(H,16,21)(H,17,18,19,20). The van der Waals surface area contributed by atoms with E-state index in [1.54, 1.807) is 0 Å². The number of tetrazole rings is 1. The summed E-state index contributed by atoms with van der Waals surface area (Å²) in [5.74, 6) is 0.796. The molecule has 0 spiro atoms. The van der Waals surface area contributed by atoms with Gasteiger partial charge in [-0.3, -0.25) is 4.79 Å². The van der Waals surface area contributed by atoms with Gasteiger partial charge in [0.05, 0.1) is 5.75 Å². The summed E-state index contributed by atoms with van der Waals surface area (Å²) in [4.78, 5) is 13.1. The number of rotatable bonds is 5. The molecule has 0 atom stereocenters. The SMILES string of the molecule is O=C(CSc1ccccc1)Nc1cccc(-c2nn[nH]n2)c1. The number of aromatic nitrogens is 4. The molecule has 1 aromatic heterocycles. The average Bonchev–Trinajstić information content (AvgIpc) is 3.09. The van der Waals surface area contributed by atoms with Gasteiger partial charge in [-0.05, 0) is 29.5 Å². The van der Waals surface area contributed by atoms with Crippen LogP contribution in [0.25, 0.3) is 11.4 Å². The monoisotopic (exact) mass is 311 g/mol. The topological polar surface area (TPSA) is 83.6 Å². The van der Waals surface area contributed by atoms with Gasteiger partial charge in [-0.25, -0.2) is 0 Å². The third-order valence-corrected chi connectivity index (χ3v) is 3.88. The Morgan fingerprint density at radius 2 is 2.00 bits per heavy atom. The molecular weight excluding hydrogens is 298 g/mol. The van der Waals surface area contributed by atoms with Crippen LogP contribution in [-0.4, -0.2) is 32.3 Å². The molecule has 22 heavy (non-hydrogen) atoms. The van der Waals surface area contributed by atoms with Gasteiger partial charge in [0.25, 0.3) is 0 Å². The summed E-state index contributed by atoms with van der Waals surface area (Å²) >= 11 is 1.50. The molecule has 0 saturated heterocycles. The van der Waals surface area contributed by atoms with Crippen LogP contribution in [0.3, 0.4) is 0 Å². The van der Waals surface area contributed by atoms with Crippen LogP contribution in [0, 0.1) is 0 Å². The largest absolute Gasteiger partial charge is 0.325 e. The summed E-state index contributed by atoms with van der Waals surface area (Å²) in [6.07, 6.45) is 0. The van der Waals surface area contributed by atoms with Crippen molar-refractivity contribution in [3.05, 3.63) is 54.6 Å². The fraction of sp³-hybridized carbons (Fsp3) is 0.0667. The molecule has 3 rings (SSSR count). The van der Waals surface area contributed by atoms with E-state index in [-0.39, 0.29) is 5.91 Å². The lowest BCUT2D eigenvalue weighted by atomic mass is 10.2. The Morgan fingerprint density at radius 1 is 1.14 bits per heavy atom. The Balaban J connectivity index is 1.61. The van der Waals surface area contributed by atoms with E-state index in [9.17, 15) is 4.79 Å². The van der Waals surface area contributed by atoms with Gasteiger partial charge in [-0.15, -0.1) is 22.0 Å². The van der Waals surface area contributed by atoms with Crippen molar-refractivity contribution >= 4 is 23.4 Å². The molecule has 0 aliphatic rings. The Morgan fingerprint density at radius 3 is 2.77 bits per heavy atom. The lowest BCUT2D eigenvalue weighted by Gasteiger charge is -2.06. The maximum absolute atomic E-state index is 12.0. The van der Waals surface area contributed by atoms with Crippen LogP contribution in [0.1, 0.15) is 0 Å². The quantitative estimate of drug-likeness (QED) is 0.708. The number of aromatic amines is 1. The van der Waals surface area contributed by atoms with E-state index in [4.69, 9.17) is 0 Å². The van der Waals surface area contributed by atoms with Crippen molar-refractivity contribution in [2.75, 3.05) is 11.1 Å². The maximum atomic E-state index is 12.0. The Bertz CT molecular complexity index is 746. The Hall–Kier alpha value is -2.67. The molecule has 6 nitrogen and oxygen atoms in total. The summed E-state index contributed by atoms with van der Waals surface area (Å²) in [7, 11) is 0. The highest BCUT2D eigenvalue weighted by Crippen LogP contribution is 2.20. The number of thioether (sulfide) groups is 1. The second-order valence-corrected chi connectivity index (χ2v) is 5.51. The molecule has 2 N–H and O–H groups in total. The molecule has 0 aliphatic carbocycles. The molecule has 0 unspecified atom stereocenters. The highest BCUT2D eigenvalue weighted by molar-refractivity contribution is 8.00. The molecular formula is C15H13N5OS. The third kappa shape index (κ3) is 3.70. The molecule has 2 aromatic carbocycles. The first-order valence-electron chi connectivity index (χ1n) is 6.63. The van der Waals surface area contributed by atoms with Crippen LogP contribution >= 0.6 is 11.8 Å². The maximum Gasteiger partial charge on any atom is 0.234 e. The summed E-state index contributed by atoms with van der Waals surface area (Å²) in [6, 6.07) is 17.2. The molecule has 7 heteroatoms. The molecule has 0 aliphatic heterocycles. The minimum absolute atomic E-state index is 0.0564. The number of hydrogen-bond acceptors (Lipinski definition) is 5. The van der Waals surface area contributed by atoms with E-state index in [0.29, 0.717) is 17.3 Å². The van der Waals surface area contributed by atoms with Crippen LogP contribution in [-0.2, 0) is 4.79 Å². The normalized spacial score (nSPS) is 10.4. The van der Waals surface area contributed by atoms with Crippen LogP contribution in [0.4, 0.5) is 5.69 Å². The summed E-state index contributed by atoms with van der Waals surface area (Å²) in [6.45, 7) is 0. The Kier molecular flexibility index (Phi) is 4.45. The van der Waals surface area contributed by atoms with Crippen LogP contribution in [0.15, 0.2) is 59.5 Å². The number of carbonyl (C=O) groups excluding carboxylic acids is 1. The number of H-pyrrole nitrogens is 1. The first kappa shape index (κ1) is 14.3. The van der Waals surface area contributed by atoms with E-state index in [0.717, 1.165) is 10.5 Å². The number of nitrogens with one attached hydrogen (secondary N) is 2. The molecule has 0 fully saturated rings. The summed E-state index contributed by atoms with van der Waals surface area (Å²) < 4.78 is 0. The van der Waals surface area contributed by atoms with Crippen molar-refractivity contribution in [3.8, 4) is 11.4 Å². The molecule has 110 valence electrons. The average molecular weight is 311 g/mol. The van der Waals surface area contributed by atoms with Gasteiger partial charge in [0.2, 0.25) is 11.7 Å². The van der Waals surface area contributed by atoms with Gasteiger partial charge in [0.1, 0.15) is 0 Å².